The lowest BCUT2D eigenvalue weighted by Gasteiger charge is -2.28. The van der Waals surface area contributed by atoms with E-state index in [-0.39, 0.29) is 0 Å². The van der Waals surface area contributed by atoms with Gasteiger partial charge < -0.3 is 24.0 Å². The zero-order chi connectivity index (χ0) is 37.3. The van der Waals surface area contributed by atoms with Crippen molar-refractivity contribution in [3.05, 3.63) is 160 Å². The van der Waals surface area contributed by atoms with Crippen molar-refractivity contribution < 1.29 is 19.0 Å². The summed E-state index contributed by atoms with van der Waals surface area (Å²) >= 11 is 15.0. The number of carbonyl (C=O) groups excluding carboxylic acids is 1. The van der Waals surface area contributed by atoms with Crippen LogP contribution in [0.1, 0.15) is 38.2 Å². The molecule has 0 spiro atoms. The van der Waals surface area contributed by atoms with E-state index in [0.29, 0.717) is 24.5 Å². The van der Waals surface area contributed by atoms with E-state index in [9.17, 15) is 4.79 Å². The predicted molar refractivity (Wildman–Crippen MR) is 226 cm³/mol. The maximum absolute atomic E-state index is 14.2. The second kappa shape index (κ2) is 15.6. The van der Waals surface area contributed by atoms with Crippen LogP contribution in [-0.2, 0) is 10.3 Å². The van der Waals surface area contributed by atoms with Crippen LogP contribution in [0.25, 0.3) is 11.1 Å². The van der Waals surface area contributed by atoms with Crippen LogP contribution >= 0.6 is 63.7 Å². The normalized spacial score (nSPS) is 13.8. The minimum Gasteiger partial charge on any atom is -0.497 e. The van der Waals surface area contributed by atoms with Crippen LogP contribution in [0, 0.1) is 0 Å². The highest BCUT2D eigenvalue weighted by molar-refractivity contribution is 9.15. The fourth-order valence-electron chi connectivity index (χ4n) is 6.21. The summed E-state index contributed by atoms with van der Waals surface area (Å²) in [6.07, 6.45) is 4.11. The molecule has 10 heteroatoms. The van der Waals surface area contributed by atoms with Crippen LogP contribution in [0.2, 0.25) is 0 Å². The number of benzene rings is 5. The molecule has 0 unspecified atom stereocenters. The summed E-state index contributed by atoms with van der Waals surface area (Å²) in [6.45, 7) is 0. The van der Waals surface area contributed by atoms with Gasteiger partial charge in [-0.15, -0.1) is 0 Å². The Hall–Kier alpha value is -3.83. The average Bonchev–Trinajstić information content (AvgIpc) is 3.45. The molecule has 0 atom stereocenters. The summed E-state index contributed by atoms with van der Waals surface area (Å²) in [5, 5.41) is 0. The maximum Gasteiger partial charge on any atom is 0.341 e. The smallest absolute Gasteiger partial charge is 0.341 e. The molecule has 0 radical (unpaired) electrons. The Bertz CT molecular complexity index is 2060. The van der Waals surface area contributed by atoms with Gasteiger partial charge in [0, 0.05) is 63.0 Å². The summed E-state index contributed by atoms with van der Waals surface area (Å²) in [7, 11) is 11.4. The van der Waals surface area contributed by atoms with E-state index >= 15 is 0 Å². The lowest BCUT2D eigenvalue weighted by Crippen LogP contribution is -2.23. The van der Waals surface area contributed by atoms with Gasteiger partial charge in [0.25, 0.3) is 0 Å². The Labute approximate surface area is 338 Å². The Kier molecular flexibility index (Phi) is 11.4. The van der Waals surface area contributed by atoms with Gasteiger partial charge in [0.05, 0.1) is 19.8 Å². The van der Waals surface area contributed by atoms with E-state index < -0.39 is 11.6 Å². The summed E-state index contributed by atoms with van der Waals surface area (Å²) in [4.78, 5) is 18.3. The molecule has 5 aromatic carbocycles. The molecule has 0 saturated carbocycles. The van der Waals surface area contributed by atoms with Crippen LogP contribution in [0.4, 0.5) is 11.4 Å². The van der Waals surface area contributed by atoms with Gasteiger partial charge in [-0.25, -0.2) is 4.79 Å². The maximum atomic E-state index is 14.2. The molecule has 52 heavy (non-hydrogen) atoms. The number of hydrogen-bond donors (Lipinski definition) is 0. The molecule has 6 nitrogen and oxygen atoms in total. The predicted octanol–water partition coefficient (Wildman–Crippen LogP) is 11.5. The SMILES string of the molecule is COc1ccc(/C(=C\C2(/C=C(\c3ccc(OC)cc3)c3ccc(N(C)C)cc3)OC(=O)c3c(Br)c(Br)c(Br)c(Br)c32)c2ccc(N(C)C)cc2)cc1. The molecular formula is C42H36Br4N2O4. The van der Waals surface area contributed by atoms with Crippen molar-refractivity contribution in [3.63, 3.8) is 0 Å². The highest BCUT2D eigenvalue weighted by Gasteiger charge is 2.48. The lowest BCUT2D eigenvalue weighted by atomic mass is 9.83. The molecule has 266 valence electrons. The number of anilines is 2. The second-order valence-electron chi connectivity index (χ2n) is 12.6. The minimum atomic E-state index is -1.40. The monoisotopic (exact) mass is 948 g/mol. The van der Waals surface area contributed by atoms with Gasteiger partial charge in [0.15, 0.2) is 5.60 Å². The Morgan fingerprint density at radius 3 is 1.25 bits per heavy atom. The summed E-state index contributed by atoms with van der Waals surface area (Å²) < 4.78 is 20.4. The van der Waals surface area contributed by atoms with Gasteiger partial charge in [0.1, 0.15) is 11.5 Å². The van der Waals surface area contributed by atoms with E-state index in [2.05, 4.69) is 134 Å². The number of nitrogens with zero attached hydrogens (tertiary/aromatic N) is 2. The van der Waals surface area contributed by atoms with Gasteiger partial charge in [-0.3, -0.25) is 0 Å². The largest absolute Gasteiger partial charge is 0.497 e. The topological polar surface area (TPSA) is 51.2 Å². The van der Waals surface area contributed by atoms with Crippen molar-refractivity contribution in [2.75, 3.05) is 52.2 Å². The first-order chi connectivity index (χ1) is 24.9. The van der Waals surface area contributed by atoms with Crippen molar-refractivity contribution in [1.29, 1.82) is 0 Å². The van der Waals surface area contributed by atoms with E-state index in [0.717, 1.165) is 60.7 Å². The molecule has 1 heterocycles. The molecule has 1 aliphatic heterocycles. The third kappa shape index (κ3) is 7.36. The van der Waals surface area contributed by atoms with Gasteiger partial charge >= 0.3 is 5.97 Å². The van der Waals surface area contributed by atoms with Crippen molar-refractivity contribution >= 4 is 92.2 Å². The molecule has 0 aromatic heterocycles. The Morgan fingerprint density at radius 1 is 0.558 bits per heavy atom. The third-order valence-corrected chi connectivity index (χ3v) is 13.8. The third-order valence-electron chi connectivity index (χ3n) is 9.03. The van der Waals surface area contributed by atoms with Crippen LogP contribution in [0.15, 0.2) is 127 Å². The van der Waals surface area contributed by atoms with Gasteiger partial charge in [-0.2, -0.15) is 0 Å². The van der Waals surface area contributed by atoms with Gasteiger partial charge in [0.2, 0.25) is 0 Å². The van der Waals surface area contributed by atoms with Crippen LogP contribution in [0.5, 0.6) is 11.5 Å². The van der Waals surface area contributed by atoms with Crippen LogP contribution in [0.3, 0.4) is 0 Å². The first kappa shape index (κ1) is 37.9. The number of halogens is 4. The number of carbonyl (C=O) groups is 1. The number of methoxy groups -OCH3 is 2. The molecule has 0 amide bonds. The molecule has 0 aliphatic carbocycles. The van der Waals surface area contributed by atoms with Crippen molar-refractivity contribution in [3.8, 4) is 11.5 Å². The molecule has 0 saturated heterocycles. The number of hydrogen-bond acceptors (Lipinski definition) is 6. The zero-order valence-corrected chi connectivity index (χ0v) is 35.8. The van der Waals surface area contributed by atoms with E-state index in [1.54, 1.807) is 14.2 Å². The summed E-state index contributed by atoms with van der Waals surface area (Å²) in [5.74, 6) is 1.01. The van der Waals surface area contributed by atoms with Crippen molar-refractivity contribution in [2.45, 2.75) is 5.60 Å². The first-order valence-corrected chi connectivity index (χ1v) is 19.4. The number of ether oxygens (including phenoxy) is 3. The Morgan fingerprint density at radius 2 is 0.904 bits per heavy atom. The zero-order valence-electron chi connectivity index (χ0n) is 29.4. The van der Waals surface area contributed by atoms with E-state index in [4.69, 9.17) is 14.2 Å². The Balaban J connectivity index is 1.74. The van der Waals surface area contributed by atoms with Crippen LogP contribution in [-0.4, -0.2) is 48.4 Å². The number of cyclic esters (lactones) is 1. The molecule has 0 N–H and O–H groups in total. The molecule has 5 aromatic rings. The number of fused-ring (bicyclic) bond motifs is 1. The van der Waals surface area contributed by atoms with Crippen molar-refractivity contribution in [2.24, 2.45) is 0 Å². The highest BCUT2D eigenvalue weighted by Crippen LogP contribution is 2.53. The fourth-order valence-corrected chi connectivity index (χ4v) is 8.80. The first-order valence-electron chi connectivity index (χ1n) is 16.3. The van der Waals surface area contributed by atoms with Crippen molar-refractivity contribution in [1.82, 2.24) is 0 Å². The lowest BCUT2D eigenvalue weighted by molar-refractivity contribution is 0.0298. The standard InChI is InChI=1S/C42H36Br4N2O4/c1-47(2)29-15-7-25(8-16-29)33(27-11-19-31(50-5)20-12-27)23-42(36-35(41(49)52-42)37(43)39(45)40(46)38(36)44)24-34(28-13-21-32(51-6)22-14-28)26-9-17-30(18-10-26)48(3)4/h7-24H,1-6H3/b33-23-,34-24-. The highest BCUT2D eigenvalue weighted by atomic mass is 79.9. The van der Waals surface area contributed by atoms with Gasteiger partial charge in [-0.1, -0.05) is 48.5 Å². The molecule has 1 aliphatic rings. The van der Waals surface area contributed by atoms with E-state index in [1.807, 2.05) is 76.7 Å². The van der Waals surface area contributed by atoms with Gasteiger partial charge in [-0.05, 0) is 158 Å². The quantitative estimate of drug-likeness (QED) is 0.0790. The molecule has 0 bridgehead atoms. The van der Waals surface area contributed by atoms with E-state index in [1.165, 1.54) is 0 Å². The second-order valence-corrected chi connectivity index (χ2v) is 15.8. The molecular weight excluding hydrogens is 916 g/mol. The summed E-state index contributed by atoms with van der Waals surface area (Å²) in [5.41, 5.74) is 7.26. The molecule has 0 fully saturated rings. The van der Waals surface area contributed by atoms with Crippen LogP contribution < -0.4 is 19.3 Å². The number of esters is 1. The number of rotatable bonds is 10. The molecule has 6 rings (SSSR count). The summed E-state index contributed by atoms with van der Waals surface area (Å²) in [6, 6.07) is 32.5. The average molecular weight is 952 g/mol. The fraction of sp³-hybridized carbons (Fsp3) is 0.167. The minimum absolute atomic E-state index is 0.420.